The standard InChI is InChI=1S/C10H18Cl2O2/c1-13-10(14-2,9(11)12)8-6-4-3-5-7-8/h8-9H,3-7H2,1-2H3. The molecule has 1 aliphatic carbocycles. The van der Waals surface area contributed by atoms with Gasteiger partial charge in [0, 0.05) is 20.1 Å². The second kappa shape index (κ2) is 5.55. The Morgan fingerprint density at radius 1 is 1.07 bits per heavy atom. The van der Waals surface area contributed by atoms with Gasteiger partial charge in [-0.1, -0.05) is 42.5 Å². The average molecular weight is 241 g/mol. The molecular formula is C10H18Cl2O2. The first-order valence-corrected chi connectivity index (χ1v) is 5.93. The molecule has 0 unspecified atom stereocenters. The topological polar surface area (TPSA) is 18.5 Å². The highest BCUT2D eigenvalue weighted by atomic mass is 35.5. The van der Waals surface area contributed by atoms with Gasteiger partial charge in [0.15, 0.2) is 4.84 Å². The zero-order valence-electron chi connectivity index (χ0n) is 8.76. The number of halogens is 2. The Kier molecular flexibility index (Phi) is 4.98. The van der Waals surface area contributed by atoms with E-state index >= 15 is 0 Å². The van der Waals surface area contributed by atoms with E-state index in [9.17, 15) is 0 Å². The van der Waals surface area contributed by atoms with Gasteiger partial charge in [0.2, 0.25) is 5.79 Å². The first-order valence-electron chi connectivity index (χ1n) is 5.06. The number of ether oxygens (including phenoxy) is 2. The van der Waals surface area contributed by atoms with Crippen molar-refractivity contribution < 1.29 is 9.47 Å². The number of methoxy groups -OCH3 is 2. The summed E-state index contributed by atoms with van der Waals surface area (Å²) in [6, 6.07) is 0. The van der Waals surface area contributed by atoms with Crippen LogP contribution in [0.25, 0.3) is 0 Å². The summed E-state index contributed by atoms with van der Waals surface area (Å²) < 4.78 is 10.8. The van der Waals surface area contributed by atoms with Crippen molar-refractivity contribution >= 4 is 23.2 Å². The predicted octanol–water partition coefficient (Wildman–Crippen LogP) is 3.36. The first kappa shape index (κ1) is 12.6. The van der Waals surface area contributed by atoms with Crippen molar-refractivity contribution in [1.82, 2.24) is 0 Å². The molecule has 1 aliphatic rings. The summed E-state index contributed by atoms with van der Waals surface area (Å²) in [6.45, 7) is 0. The highest BCUT2D eigenvalue weighted by Crippen LogP contribution is 2.40. The van der Waals surface area contributed by atoms with E-state index in [1.807, 2.05) is 0 Å². The smallest absolute Gasteiger partial charge is 0.201 e. The monoisotopic (exact) mass is 240 g/mol. The van der Waals surface area contributed by atoms with Crippen LogP contribution >= 0.6 is 23.2 Å². The van der Waals surface area contributed by atoms with Crippen LogP contribution in [0, 0.1) is 5.92 Å². The van der Waals surface area contributed by atoms with E-state index in [1.54, 1.807) is 14.2 Å². The van der Waals surface area contributed by atoms with Crippen molar-refractivity contribution in [3.05, 3.63) is 0 Å². The Morgan fingerprint density at radius 3 is 1.93 bits per heavy atom. The molecule has 1 saturated carbocycles. The number of hydrogen-bond donors (Lipinski definition) is 0. The molecule has 4 heteroatoms. The molecule has 0 saturated heterocycles. The van der Waals surface area contributed by atoms with Gasteiger partial charge in [0.05, 0.1) is 0 Å². The molecule has 0 N–H and O–H groups in total. The fourth-order valence-corrected chi connectivity index (χ4v) is 2.99. The fourth-order valence-electron chi connectivity index (χ4n) is 2.28. The molecule has 0 amide bonds. The van der Waals surface area contributed by atoms with Gasteiger partial charge in [0.1, 0.15) is 0 Å². The Hall–Kier alpha value is 0.500. The Balaban J connectivity index is 2.73. The summed E-state index contributed by atoms with van der Waals surface area (Å²) in [7, 11) is 3.21. The van der Waals surface area contributed by atoms with Crippen molar-refractivity contribution in [2.45, 2.75) is 42.7 Å². The maximum atomic E-state index is 5.95. The zero-order chi connectivity index (χ0) is 10.6. The van der Waals surface area contributed by atoms with Crippen molar-refractivity contribution in [2.75, 3.05) is 14.2 Å². The molecule has 14 heavy (non-hydrogen) atoms. The van der Waals surface area contributed by atoms with Crippen molar-refractivity contribution in [2.24, 2.45) is 5.92 Å². The minimum Gasteiger partial charge on any atom is -0.351 e. The summed E-state index contributed by atoms with van der Waals surface area (Å²) in [5.74, 6) is -0.505. The number of alkyl halides is 2. The van der Waals surface area contributed by atoms with E-state index < -0.39 is 10.6 Å². The highest BCUT2D eigenvalue weighted by Gasteiger charge is 2.45. The SMILES string of the molecule is COC(OC)(C(Cl)Cl)C1CCCCC1. The lowest BCUT2D eigenvalue weighted by Crippen LogP contribution is -2.48. The Bertz CT molecular complexity index is 164. The molecule has 0 heterocycles. The summed E-state index contributed by atoms with van der Waals surface area (Å²) >= 11 is 11.9. The Labute approximate surface area is 95.9 Å². The molecule has 0 aromatic rings. The Morgan fingerprint density at radius 2 is 1.57 bits per heavy atom. The predicted molar refractivity (Wildman–Crippen MR) is 58.8 cm³/mol. The summed E-state index contributed by atoms with van der Waals surface area (Å²) in [6.07, 6.45) is 5.86. The third kappa shape index (κ3) is 2.35. The van der Waals surface area contributed by atoms with Crippen molar-refractivity contribution in [3.8, 4) is 0 Å². The van der Waals surface area contributed by atoms with Crippen LogP contribution in [-0.2, 0) is 9.47 Å². The van der Waals surface area contributed by atoms with E-state index in [1.165, 1.54) is 19.3 Å². The third-order valence-corrected chi connectivity index (χ3v) is 3.72. The number of hydrogen-bond acceptors (Lipinski definition) is 2. The lowest BCUT2D eigenvalue weighted by Gasteiger charge is -2.40. The summed E-state index contributed by atoms with van der Waals surface area (Å²) in [5, 5.41) is 0. The zero-order valence-corrected chi connectivity index (χ0v) is 10.3. The van der Waals surface area contributed by atoms with Crippen LogP contribution in [0.15, 0.2) is 0 Å². The molecule has 1 rings (SSSR count). The van der Waals surface area contributed by atoms with Gasteiger partial charge in [0.25, 0.3) is 0 Å². The van der Waals surface area contributed by atoms with Gasteiger partial charge < -0.3 is 9.47 Å². The maximum Gasteiger partial charge on any atom is 0.201 e. The van der Waals surface area contributed by atoms with Crippen molar-refractivity contribution in [3.63, 3.8) is 0 Å². The quantitative estimate of drug-likeness (QED) is 0.555. The lowest BCUT2D eigenvalue weighted by molar-refractivity contribution is -0.235. The normalized spacial score (nSPS) is 20.4. The molecule has 1 fully saturated rings. The molecule has 0 bridgehead atoms. The fraction of sp³-hybridized carbons (Fsp3) is 1.00. The van der Waals surface area contributed by atoms with E-state index in [0.717, 1.165) is 12.8 Å². The largest absolute Gasteiger partial charge is 0.351 e. The van der Waals surface area contributed by atoms with Gasteiger partial charge in [-0.2, -0.15) is 0 Å². The number of rotatable bonds is 4. The molecule has 0 aromatic heterocycles. The molecule has 0 spiro atoms. The third-order valence-electron chi connectivity index (χ3n) is 3.12. The van der Waals surface area contributed by atoms with E-state index in [0.29, 0.717) is 5.92 Å². The van der Waals surface area contributed by atoms with Gasteiger partial charge in [-0.25, -0.2) is 0 Å². The maximum absolute atomic E-state index is 5.95. The lowest BCUT2D eigenvalue weighted by atomic mass is 9.83. The molecule has 0 aromatic carbocycles. The van der Waals surface area contributed by atoms with Crippen LogP contribution in [-0.4, -0.2) is 24.8 Å². The van der Waals surface area contributed by atoms with E-state index in [-0.39, 0.29) is 0 Å². The summed E-state index contributed by atoms with van der Waals surface area (Å²) in [4.78, 5) is -0.638. The average Bonchev–Trinajstić information content (AvgIpc) is 2.22. The molecule has 0 atom stereocenters. The molecule has 0 aliphatic heterocycles. The van der Waals surface area contributed by atoms with Crippen LogP contribution in [0.4, 0.5) is 0 Å². The van der Waals surface area contributed by atoms with Crippen LogP contribution in [0.3, 0.4) is 0 Å². The van der Waals surface area contributed by atoms with Gasteiger partial charge in [-0.15, -0.1) is 0 Å². The molecule has 84 valence electrons. The minimum atomic E-state index is -0.816. The van der Waals surface area contributed by atoms with Gasteiger partial charge in [-0.3, -0.25) is 0 Å². The van der Waals surface area contributed by atoms with Crippen LogP contribution in [0.1, 0.15) is 32.1 Å². The molecule has 2 nitrogen and oxygen atoms in total. The van der Waals surface area contributed by atoms with Gasteiger partial charge >= 0.3 is 0 Å². The second-order valence-corrected chi connectivity index (χ2v) is 4.86. The van der Waals surface area contributed by atoms with Gasteiger partial charge in [-0.05, 0) is 12.8 Å². The van der Waals surface area contributed by atoms with Crippen LogP contribution < -0.4 is 0 Å². The highest BCUT2D eigenvalue weighted by molar-refractivity contribution is 6.45. The molecular weight excluding hydrogens is 223 g/mol. The van der Waals surface area contributed by atoms with Crippen LogP contribution in [0.2, 0.25) is 0 Å². The second-order valence-electron chi connectivity index (χ2n) is 3.77. The van der Waals surface area contributed by atoms with Crippen LogP contribution in [0.5, 0.6) is 0 Å². The van der Waals surface area contributed by atoms with Crippen molar-refractivity contribution in [1.29, 1.82) is 0 Å². The molecule has 0 radical (unpaired) electrons. The first-order chi connectivity index (χ1) is 6.67. The summed E-state index contributed by atoms with van der Waals surface area (Å²) in [5.41, 5.74) is 0. The van der Waals surface area contributed by atoms with E-state index in [4.69, 9.17) is 32.7 Å². The van der Waals surface area contributed by atoms with E-state index in [2.05, 4.69) is 0 Å². The minimum absolute atomic E-state index is 0.311.